The average molecular weight is 359 g/mol. The van der Waals surface area contributed by atoms with Crippen LogP contribution >= 0.6 is 0 Å². The second kappa shape index (κ2) is 7.62. The van der Waals surface area contributed by atoms with Gasteiger partial charge in [0.15, 0.2) is 11.5 Å². The van der Waals surface area contributed by atoms with Gasteiger partial charge in [-0.2, -0.15) is 0 Å². The number of aliphatic hydroxyl groups is 1. The quantitative estimate of drug-likeness (QED) is 0.840. The number of carbonyl (C=O) groups excluding carboxylic acids is 2. The van der Waals surface area contributed by atoms with Crippen molar-refractivity contribution in [3.63, 3.8) is 0 Å². The Balaban J connectivity index is 2.47. The summed E-state index contributed by atoms with van der Waals surface area (Å²) in [5.74, 6) is -1.18. The largest absolute Gasteiger partial charge is 0.503 e. The van der Waals surface area contributed by atoms with Crippen LogP contribution in [0.15, 0.2) is 35.6 Å². The van der Waals surface area contributed by atoms with Gasteiger partial charge in [-0.15, -0.1) is 0 Å². The lowest BCUT2D eigenvalue weighted by atomic mass is 9.82. The third-order valence-electron chi connectivity index (χ3n) is 4.37. The van der Waals surface area contributed by atoms with E-state index in [1.54, 1.807) is 20.8 Å². The molecule has 1 aliphatic heterocycles. The zero-order valence-corrected chi connectivity index (χ0v) is 16.5. The minimum atomic E-state index is -0.698. The number of amides is 1. The number of aliphatic hydroxyl groups excluding tert-OH is 1. The lowest BCUT2D eigenvalue weighted by Gasteiger charge is -2.29. The number of hydrogen-bond donors (Lipinski definition) is 1. The highest BCUT2D eigenvalue weighted by atomic mass is 16.5. The number of hydrogen-bond acceptors (Lipinski definition) is 4. The van der Waals surface area contributed by atoms with Crippen LogP contribution < -0.4 is 0 Å². The molecule has 0 radical (unpaired) electrons. The molecule has 0 aromatic heterocycles. The fraction of sp³-hybridized carbons (Fsp3) is 0.524. The van der Waals surface area contributed by atoms with Crippen molar-refractivity contribution in [3.05, 3.63) is 46.7 Å². The highest BCUT2D eigenvalue weighted by Gasteiger charge is 2.45. The van der Waals surface area contributed by atoms with E-state index in [-0.39, 0.29) is 17.5 Å². The summed E-state index contributed by atoms with van der Waals surface area (Å²) in [6.45, 7) is 11.8. The van der Waals surface area contributed by atoms with Crippen molar-refractivity contribution in [1.82, 2.24) is 4.90 Å². The molecule has 5 nitrogen and oxygen atoms in total. The maximum absolute atomic E-state index is 13.0. The molecule has 1 aliphatic rings. The minimum absolute atomic E-state index is 0.0439. The fourth-order valence-corrected chi connectivity index (χ4v) is 3.09. The number of rotatable bonds is 6. The van der Waals surface area contributed by atoms with Crippen LogP contribution in [0.25, 0.3) is 0 Å². The van der Waals surface area contributed by atoms with Gasteiger partial charge in [0.1, 0.15) is 0 Å². The number of ketones is 1. The molecule has 0 bridgehead atoms. The van der Waals surface area contributed by atoms with E-state index in [9.17, 15) is 14.7 Å². The van der Waals surface area contributed by atoms with E-state index in [0.717, 1.165) is 11.1 Å². The molecule has 1 amide bonds. The molecule has 1 atom stereocenters. The molecule has 1 heterocycles. The Morgan fingerprint density at radius 1 is 1.31 bits per heavy atom. The van der Waals surface area contributed by atoms with Gasteiger partial charge in [0.2, 0.25) is 0 Å². The van der Waals surface area contributed by atoms with Crippen LogP contribution in [-0.2, 0) is 14.3 Å². The van der Waals surface area contributed by atoms with Crippen LogP contribution in [0.4, 0.5) is 0 Å². The summed E-state index contributed by atoms with van der Waals surface area (Å²) in [7, 11) is 0. The third kappa shape index (κ3) is 4.15. The fourth-order valence-electron chi connectivity index (χ4n) is 3.09. The van der Waals surface area contributed by atoms with Gasteiger partial charge < -0.3 is 14.7 Å². The molecule has 142 valence electrons. The van der Waals surface area contributed by atoms with E-state index >= 15 is 0 Å². The van der Waals surface area contributed by atoms with Crippen LogP contribution in [0.3, 0.4) is 0 Å². The molecule has 1 aromatic rings. The molecular weight excluding hydrogens is 330 g/mol. The topological polar surface area (TPSA) is 66.8 Å². The van der Waals surface area contributed by atoms with E-state index in [4.69, 9.17) is 4.74 Å². The van der Waals surface area contributed by atoms with Crippen molar-refractivity contribution in [2.75, 3.05) is 13.2 Å². The van der Waals surface area contributed by atoms with Crippen molar-refractivity contribution >= 4 is 11.7 Å². The molecule has 26 heavy (non-hydrogen) atoms. The van der Waals surface area contributed by atoms with Crippen LogP contribution in [0.1, 0.15) is 51.8 Å². The van der Waals surface area contributed by atoms with Gasteiger partial charge in [0, 0.05) is 12.0 Å². The molecule has 2 rings (SSSR count). The van der Waals surface area contributed by atoms with Gasteiger partial charge in [-0.25, -0.2) is 0 Å². The number of nitrogens with zero attached hydrogens (tertiary/aromatic N) is 1. The van der Waals surface area contributed by atoms with Crippen molar-refractivity contribution in [2.24, 2.45) is 5.41 Å². The van der Waals surface area contributed by atoms with Gasteiger partial charge in [0.25, 0.3) is 5.91 Å². The summed E-state index contributed by atoms with van der Waals surface area (Å²) in [4.78, 5) is 27.2. The minimum Gasteiger partial charge on any atom is -0.503 e. The van der Waals surface area contributed by atoms with Crippen molar-refractivity contribution in [2.45, 2.75) is 53.7 Å². The summed E-state index contributed by atoms with van der Waals surface area (Å²) >= 11 is 0. The molecule has 0 aliphatic carbocycles. The number of ether oxygens (including phenoxy) is 1. The number of benzene rings is 1. The summed E-state index contributed by atoms with van der Waals surface area (Å²) in [6, 6.07) is 7.09. The molecule has 0 spiro atoms. The summed E-state index contributed by atoms with van der Waals surface area (Å²) < 4.78 is 5.58. The van der Waals surface area contributed by atoms with E-state index in [2.05, 4.69) is 0 Å². The Labute approximate surface area is 155 Å². The Morgan fingerprint density at radius 3 is 2.50 bits per heavy atom. The first kappa shape index (κ1) is 20.2. The van der Waals surface area contributed by atoms with Crippen LogP contribution in [0.5, 0.6) is 0 Å². The molecule has 1 aromatic carbocycles. The first-order valence-corrected chi connectivity index (χ1v) is 9.01. The maximum Gasteiger partial charge on any atom is 0.290 e. The monoisotopic (exact) mass is 359 g/mol. The van der Waals surface area contributed by atoms with Gasteiger partial charge in [-0.05, 0) is 26.3 Å². The van der Waals surface area contributed by atoms with Crippen LogP contribution in [0.2, 0.25) is 0 Å². The molecular formula is C21H29NO4. The maximum atomic E-state index is 13.0. The standard InChI is InChI=1S/C21H29NO4/c1-13(2)26-11-10-22-17(15-9-7-8-14(3)12-15)16(18(23)20(22)25)19(24)21(4,5)6/h7-9,12-13,17,23H,10-11H2,1-6H3. The zero-order chi connectivity index (χ0) is 19.6. The number of aryl methyl sites for hydroxylation is 1. The van der Waals surface area contributed by atoms with Crippen molar-refractivity contribution < 1.29 is 19.4 Å². The van der Waals surface area contributed by atoms with E-state index in [1.807, 2.05) is 45.0 Å². The van der Waals surface area contributed by atoms with Crippen LogP contribution in [-0.4, -0.2) is 41.0 Å². The Kier molecular flexibility index (Phi) is 5.91. The van der Waals surface area contributed by atoms with Gasteiger partial charge in [-0.3, -0.25) is 9.59 Å². The molecule has 5 heteroatoms. The van der Waals surface area contributed by atoms with E-state index in [1.165, 1.54) is 4.90 Å². The molecule has 1 N–H and O–H groups in total. The predicted molar refractivity (Wildman–Crippen MR) is 101 cm³/mol. The third-order valence-corrected chi connectivity index (χ3v) is 4.37. The highest BCUT2D eigenvalue weighted by Crippen LogP contribution is 2.40. The van der Waals surface area contributed by atoms with E-state index < -0.39 is 23.1 Å². The molecule has 0 saturated heterocycles. The van der Waals surface area contributed by atoms with Crippen molar-refractivity contribution in [3.8, 4) is 0 Å². The predicted octanol–water partition coefficient (Wildman–Crippen LogP) is 3.73. The Morgan fingerprint density at radius 2 is 1.96 bits per heavy atom. The number of Topliss-reactive ketones (excluding diaryl/α,β-unsaturated/α-hetero) is 1. The lowest BCUT2D eigenvalue weighted by molar-refractivity contribution is -0.130. The first-order chi connectivity index (χ1) is 12.0. The van der Waals surface area contributed by atoms with Gasteiger partial charge >= 0.3 is 0 Å². The lowest BCUT2D eigenvalue weighted by Crippen LogP contribution is -2.35. The zero-order valence-electron chi connectivity index (χ0n) is 16.5. The molecule has 1 unspecified atom stereocenters. The average Bonchev–Trinajstić information content (AvgIpc) is 2.77. The summed E-state index contributed by atoms with van der Waals surface area (Å²) in [6.07, 6.45) is 0.0439. The highest BCUT2D eigenvalue weighted by molar-refractivity contribution is 6.10. The van der Waals surface area contributed by atoms with Crippen molar-refractivity contribution in [1.29, 1.82) is 0 Å². The van der Waals surface area contributed by atoms with Gasteiger partial charge in [-0.1, -0.05) is 50.6 Å². The summed E-state index contributed by atoms with van der Waals surface area (Å²) in [5, 5.41) is 10.5. The Bertz CT molecular complexity index is 728. The second-order valence-corrected chi connectivity index (χ2v) is 8.08. The SMILES string of the molecule is Cc1cccc(C2C(C(=O)C(C)(C)C)=C(O)C(=O)N2CCOC(C)C)c1. The van der Waals surface area contributed by atoms with Crippen LogP contribution in [0, 0.1) is 12.3 Å². The molecule has 0 fully saturated rings. The van der Waals surface area contributed by atoms with Gasteiger partial charge in [0.05, 0.1) is 24.3 Å². The first-order valence-electron chi connectivity index (χ1n) is 9.01. The molecule has 0 saturated carbocycles. The number of carbonyl (C=O) groups is 2. The summed E-state index contributed by atoms with van der Waals surface area (Å²) in [5.41, 5.74) is 1.33. The normalized spacial score (nSPS) is 18.2. The Hall–Kier alpha value is -2.14. The smallest absolute Gasteiger partial charge is 0.290 e. The van der Waals surface area contributed by atoms with E-state index in [0.29, 0.717) is 13.2 Å². The second-order valence-electron chi connectivity index (χ2n) is 8.08.